The molecule has 40 heavy (non-hydrogen) atoms. The Morgan fingerprint density at radius 3 is 2.33 bits per heavy atom. The largest absolute Gasteiger partial charge is 0.497 e. The summed E-state index contributed by atoms with van der Waals surface area (Å²) in [6.45, 7) is 7.96. The summed E-state index contributed by atoms with van der Waals surface area (Å²) >= 11 is 5.80. The maximum Gasteiger partial charge on any atom is 0.338 e. The zero-order chi connectivity index (χ0) is 28.6. The van der Waals surface area contributed by atoms with Gasteiger partial charge in [0.1, 0.15) is 11.8 Å². The number of carbonyl (C=O) groups excluding carboxylic acids is 3. The van der Waals surface area contributed by atoms with Crippen molar-refractivity contribution in [3.8, 4) is 5.75 Å². The van der Waals surface area contributed by atoms with E-state index in [9.17, 15) is 14.4 Å². The molecule has 0 saturated carbocycles. The van der Waals surface area contributed by atoms with Crippen LogP contribution in [-0.2, 0) is 14.3 Å². The summed E-state index contributed by atoms with van der Waals surface area (Å²) in [7, 11) is 1.58. The number of ether oxygens (including phenoxy) is 2. The Kier molecular flexibility index (Phi) is 10.1. The molecule has 0 aliphatic carbocycles. The first kappa shape index (κ1) is 29.5. The number of anilines is 2. The van der Waals surface area contributed by atoms with Crippen LogP contribution >= 0.6 is 12.2 Å². The van der Waals surface area contributed by atoms with Crippen LogP contribution in [0.25, 0.3) is 0 Å². The summed E-state index contributed by atoms with van der Waals surface area (Å²) in [5, 5.41) is 3.24. The summed E-state index contributed by atoms with van der Waals surface area (Å²) in [5.74, 6) is 0.489. The molecule has 1 N–H and O–H groups in total. The molecule has 2 aliphatic rings. The molecule has 2 amide bonds. The number of hydrogen-bond acceptors (Lipinski definition) is 7. The number of hydrogen-bond donors (Lipinski definition) is 1. The van der Waals surface area contributed by atoms with Gasteiger partial charge in [-0.2, -0.15) is 0 Å². The molecule has 2 fully saturated rings. The Balaban J connectivity index is 1.48. The molecule has 0 radical (unpaired) electrons. The molecule has 2 saturated heterocycles. The predicted octanol–water partition coefficient (Wildman–Crippen LogP) is 4.32. The SMILES string of the molecule is CCOC(=O)c1ccc(N2C(=O)C(CC(=O)Nc3ccc(OC)cc3)N(CCCN3CCC(C)CC3)C2=S)cc1. The van der Waals surface area contributed by atoms with E-state index in [0.717, 1.165) is 32.0 Å². The lowest BCUT2D eigenvalue weighted by Gasteiger charge is -2.31. The van der Waals surface area contributed by atoms with Crippen LogP contribution in [0.5, 0.6) is 5.75 Å². The lowest BCUT2D eigenvalue weighted by Crippen LogP contribution is -2.40. The van der Waals surface area contributed by atoms with Crippen molar-refractivity contribution < 1.29 is 23.9 Å². The van der Waals surface area contributed by atoms with Gasteiger partial charge in [-0.05, 0) is 112 Å². The Morgan fingerprint density at radius 1 is 1.02 bits per heavy atom. The maximum absolute atomic E-state index is 13.7. The number of piperidine rings is 1. The molecule has 0 bridgehead atoms. The summed E-state index contributed by atoms with van der Waals surface area (Å²) in [4.78, 5) is 44.7. The molecule has 2 aromatic carbocycles. The topological polar surface area (TPSA) is 91.4 Å². The molecule has 10 heteroatoms. The van der Waals surface area contributed by atoms with E-state index in [1.54, 1.807) is 62.6 Å². The van der Waals surface area contributed by atoms with Crippen molar-refractivity contribution in [2.24, 2.45) is 5.92 Å². The fourth-order valence-corrected chi connectivity index (χ4v) is 5.51. The summed E-state index contributed by atoms with van der Waals surface area (Å²) in [6.07, 6.45) is 3.19. The van der Waals surface area contributed by atoms with Gasteiger partial charge < -0.3 is 24.6 Å². The van der Waals surface area contributed by atoms with Gasteiger partial charge in [-0.3, -0.25) is 14.5 Å². The van der Waals surface area contributed by atoms with Crippen molar-refractivity contribution >= 4 is 46.5 Å². The zero-order valence-corrected chi connectivity index (χ0v) is 24.2. The molecule has 1 unspecified atom stereocenters. The van der Waals surface area contributed by atoms with Crippen molar-refractivity contribution in [1.29, 1.82) is 0 Å². The first-order valence-corrected chi connectivity index (χ1v) is 14.3. The first-order valence-electron chi connectivity index (χ1n) is 13.9. The number of benzene rings is 2. The monoisotopic (exact) mass is 566 g/mol. The fraction of sp³-hybridized carbons (Fsp3) is 0.467. The van der Waals surface area contributed by atoms with Crippen LogP contribution in [0.1, 0.15) is 49.9 Å². The molecule has 2 aromatic rings. The minimum Gasteiger partial charge on any atom is -0.497 e. The number of methoxy groups -OCH3 is 1. The highest BCUT2D eigenvalue weighted by molar-refractivity contribution is 7.80. The van der Waals surface area contributed by atoms with E-state index in [1.807, 2.05) is 4.90 Å². The number of thiocarbonyl (C=S) groups is 1. The van der Waals surface area contributed by atoms with E-state index < -0.39 is 12.0 Å². The smallest absolute Gasteiger partial charge is 0.338 e. The van der Waals surface area contributed by atoms with Gasteiger partial charge in [-0.25, -0.2) is 4.79 Å². The summed E-state index contributed by atoms with van der Waals surface area (Å²) in [5.41, 5.74) is 1.57. The molecule has 214 valence electrons. The van der Waals surface area contributed by atoms with Crippen LogP contribution < -0.4 is 15.0 Å². The second-order valence-corrected chi connectivity index (χ2v) is 10.7. The summed E-state index contributed by atoms with van der Waals surface area (Å²) < 4.78 is 10.2. The predicted molar refractivity (Wildman–Crippen MR) is 159 cm³/mol. The van der Waals surface area contributed by atoms with Crippen LogP contribution in [0.3, 0.4) is 0 Å². The highest BCUT2D eigenvalue weighted by Crippen LogP contribution is 2.28. The van der Waals surface area contributed by atoms with E-state index in [4.69, 9.17) is 21.7 Å². The number of likely N-dealkylation sites (tertiary alicyclic amines) is 1. The number of nitrogens with zero attached hydrogens (tertiary/aromatic N) is 3. The van der Waals surface area contributed by atoms with Gasteiger partial charge in [-0.15, -0.1) is 0 Å². The lowest BCUT2D eigenvalue weighted by atomic mass is 9.99. The second kappa shape index (κ2) is 13.7. The van der Waals surface area contributed by atoms with Crippen molar-refractivity contribution in [2.75, 3.05) is 50.1 Å². The van der Waals surface area contributed by atoms with E-state index in [1.165, 1.54) is 17.7 Å². The normalized spacial score (nSPS) is 18.2. The van der Waals surface area contributed by atoms with Gasteiger partial charge >= 0.3 is 5.97 Å². The lowest BCUT2D eigenvalue weighted by molar-refractivity contribution is -0.124. The zero-order valence-electron chi connectivity index (χ0n) is 23.4. The maximum atomic E-state index is 13.7. The Hall–Kier alpha value is -3.50. The van der Waals surface area contributed by atoms with Crippen molar-refractivity contribution in [2.45, 2.75) is 45.6 Å². The Labute approximate surface area is 241 Å². The van der Waals surface area contributed by atoms with Gasteiger partial charge in [0.05, 0.1) is 31.4 Å². The number of rotatable bonds is 11. The number of amides is 2. The van der Waals surface area contributed by atoms with E-state index in [0.29, 0.717) is 34.3 Å². The molecule has 0 aromatic heterocycles. The van der Waals surface area contributed by atoms with Crippen LogP contribution in [0.2, 0.25) is 0 Å². The van der Waals surface area contributed by atoms with Crippen LogP contribution in [0, 0.1) is 5.92 Å². The van der Waals surface area contributed by atoms with Gasteiger partial charge in [-0.1, -0.05) is 6.92 Å². The molecule has 1 atom stereocenters. The van der Waals surface area contributed by atoms with Crippen LogP contribution in [0.15, 0.2) is 48.5 Å². The van der Waals surface area contributed by atoms with E-state index in [-0.39, 0.29) is 24.8 Å². The number of nitrogens with one attached hydrogen (secondary N) is 1. The van der Waals surface area contributed by atoms with Crippen molar-refractivity contribution in [3.63, 3.8) is 0 Å². The van der Waals surface area contributed by atoms with E-state index in [2.05, 4.69) is 17.1 Å². The van der Waals surface area contributed by atoms with Gasteiger partial charge in [0, 0.05) is 12.2 Å². The third kappa shape index (κ3) is 7.17. The van der Waals surface area contributed by atoms with E-state index >= 15 is 0 Å². The highest BCUT2D eigenvalue weighted by atomic mass is 32.1. The standard InChI is InChI=1S/C30H38N4O5S/c1-4-39-29(37)22-6-10-24(11-7-22)34-28(36)26(20-27(35)31-23-8-12-25(38-3)13-9-23)33(30(34)40)17-5-16-32-18-14-21(2)15-19-32/h6-13,21,26H,4-5,14-20H2,1-3H3,(H,31,35). The quantitative estimate of drug-likeness (QED) is 0.318. The van der Waals surface area contributed by atoms with Gasteiger partial charge in [0.2, 0.25) is 5.91 Å². The van der Waals surface area contributed by atoms with Crippen molar-refractivity contribution in [1.82, 2.24) is 9.80 Å². The minimum absolute atomic E-state index is 0.0381. The molecular formula is C30H38N4O5S. The average Bonchev–Trinajstić information content (AvgIpc) is 3.18. The highest BCUT2D eigenvalue weighted by Gasteiger charge is 2.44. The third-order valence-electron chi connectivity index (χ3n) is 7.46. The molecule has 2 heterocycles. The summed E-state index contributed by atoms with van der Waals surface area (Å²) in [6, 6.07) is 12.9. The number of carbonyl (C=O) groups is 3. The Bertz CT molecular complexity index is 1200. The first-order chi connectivity index (χ1) is 19.3. The molecule has 9 nitrogen and oxygen atoms in total. The van der Waals surface area contributed by atoms with Crippen LogP contribution in [0.4, 0.5) is 11.4 Å². The van der Waals surface area contributed by atoms with Crippen LogP contribution in [-0.4, -0.2) is 78.6 Å². The molecule has 2 aliphatic heterocycles. The van der Waals surface area contributed by atoms with Crippen molar-refractivity contribution in [3.05, 3.63) is 54.1 Å². The Morgan fingerprint density at radius 2 is 1.70 bits per heavy atom. The van der Waals surface area contributed by atoms with Gasteiger partial charge in [0.25, 0.3) is 5.91 Å². The number of esters is 1. The third-order valence-corrected chi connectivity index (χ3v) is 7.87. The second-order valence-electron chi connectivity index (χ2n) is 10.3. The average molecular weight is 567 g/mol. The molecular weight excluding hydrogens is 528 g/mol. The molecule has 4 rings (SSSR count). The minimum atomic E-state index is -0.725. The fourth-order valence-electron chi connectivity index (χ4n) is 5.10. The van der Waals surface area contributed by atoms with Gasteiger partial charge in [0.15, 0.2) is 5.11 Å². The molecule has 0 spiro atoms.